The zero-order chi connectivity index (χ0) is 22.1. The van der Waals surface area contributed by atoms with E-state index in [1.54, 1.807) is 0 Å². The molecule has 0 spiro atoms. The summed E-state index contributed by atoms with van der Waals surface area (Å²) in [5.74, 6) is 3.26. The molecule has 0 bridgehead atoms. The number of benzene rings is 1. The molecular formula is C25H40IN3O4. The van der Waals surface area contributed by atoms with Crippen molar-refractivity contribution in [3.05, 3.63) is 23.8 Å². The van der Waals surface area contributed by atoms with Crippen molar-refractivity contribution in [3.63, 3.8) is 0 Å². The molecule has 2 aliphatic heterocycles. The number of hydrogen-bond acceptors (Lipinski definition) is 5. The van der Waals surface area contributed by atoms with Crippen LogP contribution >= 0.6 is 24.0 Å². The van der Waals surface area contributed by atoms with Crippen LogP contribution in [0.2, 0.25) is 0 Å². The van der Waals surface area contributed by atoms with Crippen LogP contribution < -0.4 is 20.1 Å². The minimum absolute atomic E-state index is 0. The van der Waals surface area contributed by atoms with Gasteiger partial charge in [-0.15, -0.1) is 24.0 Å². The van der Waals surface area contributed by atoms with Gasteiger partial charge in [-0.25, -0.2) is 0 Å². The van der Waals surface area contributed by atoms with Crippen molar-refractivity contribution in [2.75, 3.05) is 59.8 Å². The number of fused-ring (bicyclic) bond motifs is 1. The number of ether oxygens (including phenoxy) is 4. The van der Waals surface area contributed by atoms with Crippen molar-refractivity contribution in [1.29, 1.82) is 0 Å². The van der Waals surface area contributed by atoms with Gasteiger partial charge in [-0.1, -0.05) is 18.9 Å². The van der Waals surface area contributed by atoms with E-state index in [0.29, 0.717) is 19.1 Å². The standard InChI is InChI=1S/C25H39N3O4.HI/c1-26-24(27-11-4-12-30-18-20-7-13-29-14-8-20)28-19-25(9-2-3-10-25)21-5-6-22-23(17-21)32-16-15-31-22;/h5-6,17,20H,2-4,7-16,18-19H2,1H3,(H2,26,27,28);1H. The predicted molar refractivity (Wildman–Crippen MR) is 141 cm³/mol. The second kappa shape index (κ2) is 13.6. The largest absolute Gasteiger partial charge is 0.486 e. The van der Waals surface area contributed by atoms with Gasteiger partial charge < -0.3 is 29.6 Å². The number of rotatable bonds is 9. The SMILES string of the molecule is CN=C(NCCCOCC1CCOCC1)NCC1(c2ccc3c(c2)OCCO3)CCCC1.I. The Labute approximate surface area is 215 Å². The van der Waals surface area contributed by atoms with Crippen LogP contribution in [0.25, 0.3) is 0 Å². The number of guanidine groups is 1. The summed E-state index contributed by atoms with van der Waals surface area (Å²) in [6.07, 6.45) is 8.09. The number of halogens is 1. The minimum atomic E-state index is 0. The second-order valence-corrected chi connectivity index (χ2v) is 9.18. The maximum Gasteiger partial charge on any atom is 0.191 e. The summed E-state index contributed by atoms with van der Waals surface area (Å²) in [4.78, 5) is 4.43. The van der Waals surface area contributed by atoms with Crippen molar-refractivity contribution in [2.24, 2.45) is 10.9 Å². The van der Waals surface area contributed by atoms with Gasteiger partial charge in [0.05, 0.1) is 0 Å². The van der Waals surface area contributed by atoms with Gasteiger partial charge in [-0.2, -0.15) is 0 Å². The molecule has 0 amide bonds. The Morgan fingerprint density at radius 2 is 1.82 bits per heavy atom. The molecule has 7 nitrogen and oxygen atoms in total. The highest BCUT2D eigenvalue weighted by Gasteiger charge is 2.36. The molecule has 33 heavy (non-hydrogen) atoms. The van der Waals surface area contributed by atoms with E-state index in [9.17, 15) is 0 Å². The smallest absolute Gasteiger partial charge is 0.191 e. The van der Waals surface area contributed by atoms with Crippen LogP contribution in [-0.2, 0) is 14.9 Å². The van der Waals surface area contributed by atoms with Gasteiger partial charge in [0.1, 0.15) is 13.2 Å². The van der Waals surface area contributed by atoms with Crippen molar-refractivity contribution >= 4 is 29.9 Å². The summed E-state index contributed by atoms with van der Waals surface area (Å²) in [7, 11) is 1.84. The molecule has 0 unspecified atom stereocenters. The number of nitrogens with zero attached hydrogens (tertiary/aromatic N) is 1. The van der Waals surface area contributed by atoms with Crippen LogP contribution in [0.3, 0.4) is 0 Å². The van der Waals surface area contributed by atoms with Crippen LogP contribution in [-0.4, -0.2) is 65.7 Å². The quantitative estimate of drug-likeness (QED) is 0.202. The predicted octanol–water partition coefficient (Wildman–Crippen LogP) is 3.89. The molecule has 4 rings (SSSR count). The third-order valence-electron chi connectivity index (χ3n) is 6.99. The Hall–Kier alpha value is -1.26. The van der Waals surface area contributed by atoms with E-state index in [4.69, 9.17) is 18.9 Å². The molecule has 8 heteroatoms. The molecule has 1 aromatic rings. The third-order valence-corrected chi connectivity index (χ3v) is 6.99. The van der Waals surface area contributed by atoms with Crippen LogP contribution in [0, 0.1) is 5.92 Å². The molecule has 1 saturated carbocycles. The maximum absolute atomic E-state index is 5.87. The zero-order valence-corrected chi connectivity index (χ0v) is 22.2. The summed E-state index contributed by atoms with van der Waals surface area (Å²) in [6.45, 7) is 6.36. The van der Waals surface area contributed by atoms with E-state index in [-0.39, 0.29) is 29.4 Å². The lowest BCUT2D eigenvalue weighted by Gasteiger charge is -2.32. The first kappa shape index (κ1) is 26.3. The first-order chi connectivity index (χ1) is 15.8. The molecule has 1 aliphatic carbocycles. The lowest BCUT2D eigenvalue weighted by molar-refractivity contribution is 0.0203. The average molecular weight is 574 g/mol. The summed E-state index contributed by atoms with van der Waals surface area (Å²) < 4.78 is 22.8. The summed E-state index contributed by atoms with van der Waals surface area (Å²) in [5, 5.41) is 7.03. The fraction of sp³-hybridized carbons (Fsp3) is 0.720. The second-order valence-electron chi connectivity index (χ2n) is 9.18. The highest BCUT2D eigenvalue weighted by molar-refractivity contribution is 14.0. The van der Waals surface area contributed by atoms with Crippen molar-refractivity contribution in [3.8, 4) is 11.5 Å². The molecule has 0 atom stereocenters. The Morgan fingerprint density at radius 3 is 2.58 bits per heavy atom. The molecule has 2 heterocycles. The molecule has 3 aliphatic rings. The average Bonchev–Trinajstić information content (AvgIpc) is 3.33. The Balaban J connectivity index is 0.00000306. The Morgan fingerprint density at radius 1 is 1.06 bits per heavy atom. The van der Waals surface area contributed by atoms with Crippen LogP contribution in [0.4, 0.5) is 0 Å². The van der Waals surface area contributed by atoms with E-state index >= 15 is 0 Å². The molecule has 1 saturated heterocycles. The van der Waals surface area contributed by atoms with E-state index in [1.807, 2.05) is 7.05 Å². The van der Waals surface area contributed by atoms with E-state index in [2.05, 4.69) is 33.8 Å². The van der Waals surface area contributed by atoms with E-state index < -0.39 is 0 Å². The Kier molecular flexibility index (Phi) is 10.8. The molecule has 2 fully saturated rings. The Bertz CT molecular complexity index is 749. The van der Waals surface area contributed by atoms with Gasteiger partial charge in [0.25, 0.3) is 0 Å². The van der Waals surface area contributed by atoms with Gasteiger partial charge in [0.2, 0.25) is 0 Å². The van der Waals surface area contributed by atoms with Crippen molar-refractivity contribution in [1.82, 2.24) is 10.6 Å². The maximum atomic E-state index is 5.87. The van der Waals surface area contributed by atoms with Gasteiger partial charge in [-0.3, -0.25) is 4.99 Å². The lowest BCUT2D eigenvalue weighted by atomic mass is 9.78. The van der Waals surface area contributed by atoms with Crippen molar-refractivity contribution < 1.29 is 18.9 Å². The monoisotopic (exact) mass is 573 g/mol. The van der Waals surface area contributed by atoms with Crippen molar-refractivity contribution in [2.45, 2.75) is 50.4 Å². The number of hydrogen-bond donors (Lipinski definition) is 2. The fourth-order valence-electron chi connectivity index (χ4n) is 5.01. The first-order valence-electron chi connectivity index (χ1n) is 12.3. The number of nitrogens with one attached hydrogen (secondary N) is 2. The normalized spacial score (nSPS) is 20.2. The van der Waals surface area contributed by atoms with E-state index in [1.165, 1.54) is 31.2 Å². The molecule has 186 valence electrons. The molecule has 0 aromatic heterocycles. The lowest BCUT2D eigenvalue weighted by Crippen LogP contribution is -2.45. The first-order valence-corrected chi connectivity index (χ1v) is 12.3. The van der Waals surface area contributed by atoms with Crippen LogP contribution in [0.1, 0.15) is 50.5 Å². The summed E-state index contributed by atoms with van der Waals surface area (Å²) >= 11 is 0. The summed E-state index contributed by atoms with van der Waals surface area (Å²) in [5.41, 5.74) is 1.45. The minimum Gasteiger partial charge on any atom is -0.486 e. The zero-order valence-electron chi connectivity index (χ0n) is 19.9. The molecular weight excluding hydrogens is 533 g/mol. The highest BCUT2D eigenvalue weighted by Crippen LogP contribution is 2.43. The topological polar surface area (TPSA) is 73.3 Å². The molecule has 1 aromatic carbocycles. The molecule has 0 radical (unpaired) electrons. The third kappa shape index (κ3) is 7.36. The fourth-order valence-corrected chi connectivity index (χ4v) is 5.01. The summed E-state index contributed by atoms with van der Waals surface area (Å²) in [6, 6.07) is 6.47. The van der Waals surface area contributed by atoms with E-state index in [0.717, 1.165) is 76.2 Å². The molecule has 2 N–H and O–H groups in total. The van der Waals surface area contributed by atoms with Gasteiger partial charge >= 0.3 is 0 Å². The highest BCUT2D eigenvalue weighted by atomic mass is 127. The van der Waals surface area contributed by atoms with Gasteiger partial charge in [-0.05, 0) is 55.7 Å². The van der Waals surface area contributed by atoms with Crippen LogP contribution in [0.15, 0.2) is 23.2 Å². The van der Waals surface area contributed by atoms with Gasteiger partial charge in [0, 0.05) is 52.0 Å². The number of aliphatic imine (C=N–C) groups is 1. The van der Waals surface area contributed by atoms with Crippen LogP contribution in [0.5, 0.6) is 11.5 Å². The van der Waals surface area contributed by atoms with Gasteiger partial charge in [0.15, 0.2) is 17.5 Å².